The van der Waals surface area contributed by atoms with Crippen molar-refractivity contribution in [1.29, 1.82) is 0 Å². The minimum atomic E-state index is 0.0467. The van der Waals surface area contributed by atoms with Gasteiger partial charge in [-0.1, -0.05) is 12.1 Å². The molecule has 0 unspecified atom stereocenters. The molecule has 0 radical (unpaired) electrons. The van der Waals surface area contributed by atoms with E-state index in [2.05, 4.69) is 10.2 Å². The number of amides is 1. The van der Waals surface area contributed by atoms with Gasteiger partial charge in [-0.2, -0.15) is 0 Å². The van der Waals surface area contributed by atoms with Crippen LogP contribution < -0.4 is 11.1 Å². The highest BCUT2D eigenvalue weighted by molar-refractivity contribution is 5.95. The van der Waals surface area contributed by atoms with Crippen LogP contribution in [0.25, 0.3) is 0 Å². The molecule has 0 aliphatic heterocycles. The fourth-order valence-corrected chi connectivity index (χ4v) is 2.40. The normalized spacial score (nSPS) is 18.6. The number of carbonyl (C=O) groups is 1. The van der Waals surface area contributed by atoms with E-state index in [4.69, 9.17) is 5.73 Å². The highest BCUT2D eigenvalue weighted by Crippen LogP contribution is 2.34. The van der Waals surface area contributed by atoms with Crippen LogP contribution in [-0.2, 0) is 4.79 Å². The van der Waals surface area contributed by atoms with Crippen LogP contribution in [0.5, 0.6) is 0 Å². The highest BCUT2D eigenvalue weighted by atomic mass is 16.2. The number of rotatable bonds is 6. The molecule has 0 atom stereocenters. The average molecular weight is 259 g/mol. The smallest absolute Gasteiger partial charge is 0.238 e. The van der Waals surface area contributed by atoms with Gasteiger partial charge >= 0.3 is 0 Å². The molecule has 1 amide bonds. The molecular formula is C15H21N3O. The lowest BCUT2D eigenvalue weighted by Crippen LogP contribution is -2.36. The fourth-order valence-electron chi connectivity index (χ4n) is 2.40. The molecule has 3 rings (SSSR count). The predicted molar refractivity (Wildman–Crippen MR) is 76.8 cm³/mol. The van der Waals surface area contributed by atoms with Crippen LogP contribution in [0.15, 0.2) is 24.3 Å². The van der Waals surface area contributed by atoms with Gasteiger partial charge in [0.2, 0.25) is 5.91 Å². The second-order valence-corrected chi connectivity index (χ2v) is 5.74. The Hall–Kier alpha value is -1.55. The standard InChI is InChI=1S/C15H21N3O/c16-13-3-1-2-4-14(13)17-15(19)10-18(12-7-8-12)9-11-5-6-11/h1-4,11-12H,5-10,16H2,(H,17,19). The molecule has 2 aliphatic carbocycles. The second kappa shape index (κ2) is 5.21. The van der Waals surface area contributed by atoms with Crippen molar-refractivity contribution in [2.24, 2.45) is 5.92 Å². The molecule has 2 fully saturated rings. The molecule has 1 aromatic carbocycles. The van der Waals surface area contributed by atoms with Crippen molar-refractivity contribution >= 4 is 17.3 Å². The number of nitrogens with two attached hydrogens (primary N) is 1. The number of anilines is 2. The number of nitrogens with one attached hydrogen (secondary N) is 1. The summed E-state index contributed by atoms with van der Waals surface area (Å²) in [6.07, 6.45) is 5.15. The van der Waals surface area contributed by atoms with Crippen LogP contribution >= 0.6 is 0 Å². The fraction of sp³-hybridized carbons (Fsp3) is 0.533. The maximum atomic E-state index is 12.1. The molecule has 0 spiro atoms. The third kappa shape index (κ3) is 3.47. The summed E-state index contributed by atoms with van der Waals surface area (Å²) in [6.45, 7) is 1.58. The molecule has 0 heterocycles. The highest BCUT2D eigenvalue weighted by Gasteiger charge is 2.34. The lowest BCUT2D eigenvalue weighted by Gasteiger charge is -2.21. The van der Waals surface area contributed by atoms with Gasteiger partial charge in [0.15, 0.2) is 0 Å². The Kier molecular flexibility index (Phi) is 3.42. The summed E-state index contributed by atoms with van der Waals surface area (Å²) in [5.41, 5.74) is 7.17. The van der Waals surface area contributed by atoms with E-state index in [0.29, 0.717) is 18.3 Å². The van der Waals surface area contributed by atoms with Gasteiger partial charge in [0.1, 0.15) is 0 Å². The number of hydrogen-bond acceptors (Lipinski definition) is 3. The Morgan fingerprint density at radius 3 is 2.63 bits per heavy atom. The topological polar surface area (TPSA) is 58.4 Å². The Balaban J connectivity index is 1.55. The third-order valence-corrected chi connectivity index (χ3v) is 3.83. The summed E-state index contributed by atoms with van der Waals surface area (Å²) >= 11 is 0. The Labute approximate surface area is 114 Å². The number of carbonyl (C=O) groups excluding carboxylic acids is 1. The van der Waals surface area contributed by atoms with E-state index in [1.54, 1.807) is 6.07 Å². The van der Waals surface area contributed by atoms with Crippen LogP contribution in [0.2, 0.25) is 0 Å². The Bertz CT molecular complexity index is 466. The zero-order chi connectivity index (χ0) is 13.2. The molecule has 3 N–H and O–H groups in total. The summed E-state index contributed by atoms with van der Waals surface area (Å²) in [7, 11) is 0. The minimum absolute atomic E-state index is 0.0467. The Morgan fingerprint density at radius 1 is 1.26 bits per heavy atom. The van der Waals surface area contributed by atoms with Gasteiger partial charge in [-0.15, -0.1) is 0 Å². The molecular weight excluding hydrogens is 238 g/mol. The maximum Gasteiger partial charge on any atom is 0.238 e. The van der Waals surface area contributed by atoms with Gasteiger partial charge in [-0.05, 0) is 43.7 Å². The number of nitrogen functional groups attached to an aromatic ring is 1. The van der Waals surface area contributed by atoms with Crippen molar-refractivity contribution in [3.8, 4) is 0 Å². The van der Waals surface area contributed by atoms with E-state index in [9.17, 15) is 4.79 Å². The van der Waals surface area contributed by atoms with E-state index in [-0.39, 0.29) is 5.91 Å². The largest absolute Gasteiger partial charge is 0.397 e. The average Bonchev–Trinajstić information content (AvgIpc) is 3.25. The molecule has 4 nitrogen and oxygen atoms in total. The molecule has 0 aromatic heterocycles. The third-order valence-electron chi connectivity index (χ3n) is 3.83. The second-order valence-electron chi connectivity index (χ2n) is 5.74. The van der Waals surface area contributed by atoms with Crippen LogP contribution in [-0.4, -0.2) is 29.9 Å². The summed E-state index contributed by atoms with van der Waals surface area (Å²) in [5.74, 6) is 0.876. The molecule has 2 saturated carbocycles. The van der Waals surface area contributed by atoms with Crippen LogP contribution in [0.3, 0.4) is 0 Å². The Morgan fingerprint density at radius 2 is 2.00 bits per heavy atom. The summed E-state index contributed by atoms with van der Waals surface area (Å²) in [4.78, 5) is 14.4. The van der Waals surface area contributed by atoms with Gasteiger partial charge < -0.3 is 11.1 Å². The first-order chi connectivity index (χ1) is 9.22. The van der Waals surface area contributed by atoms with Crippen LogP contribution in [0, 0.1) is 5.92 Å². The van der Waals surface area contributed by atoms with Crippen molar-refractivity contribution in [2.45, 2.75) is 31.7 Å². The number of benzene rings is 1. The maximum absolute atomic E-state index is 12.1. The number of para-hydroxylation sites is 2. The lowest BCUT2D eigenvalue weighted by molar-refractivity contribution is -0.117. The molecule has 0 saturated heterocycles. The molecule has 19 heavy (non-hydrogen) atoms. The quantitative estimate of drug-likeness (QED) is 0.769. The molecule has 1 aromatic rings. The van der Waals surface area contributed by atoms with Crippen molar-refractivity contribution in [3.05, 3.63) is 24.3 Å². The van der Waals surface area contributed by atoms with E-state index in [1.165, 1.54) is 25.7 Å². The number of nitrogens with zero attached hydrogens (tertiary/aromatic N) is 1. The SMILES string of the molecule is Nc1ccccc1NC(=O)CN(CC1CC1)C1CC1. The minimum Gasteiger partial charge on any atom is -0.397 e. The number of hydrogen-bond donors (Lipinski definition) is 2. The van der Waals surface area contributed by atoms with Gasteiger partial charge in [0.25, 0.3) is 0 Å². The van der Waals surface area contributed by atoms with Crippen LogP contribution in [0.4, 0.5) is 11.4 Å². The first-order valence-corrected chi connectivity index (χ1v) is 7.11. The van der Waals surface area contributed by atoms with E-state index < -0.39 is 0 Å². The molecule has 0 bridgehead atoms. The molecule has 4 heteroatoms. The molecule has 2 aliphatic rings. The van der Waals surface area contributed by atoms with E-state index >= 15 is 0 Å². The van der Waals surface area contributed by atoms with Crippen molar-refractivity contribution in [1.82, 2.24) is 4.90 Å². The first-order valence-electron chi connectivity index (χ1n) is 7.11. The zero-order valence-corrected chi connectivity index (χ0v) is 11.1. The van der Waals surface area contributed by atoms with Gasteiger partial charge in [0.05, 0.1) is 17.9 Å². The molecule has 102 valence electrons. The van der Waals surface area contributed by atoms with E-state index in [0.717, 1.165) is 18.2 Å². The van der Waals surface area contributed by atoms with Crippen molar-refractivity contribution in [3.63, 3.8) is 0 Å². The van der Waals surface area contributed by atoms with Crippen LogP contribution in [0.1, 0.15) is 25.7 Å². The predicted octanol–water partition coefficient (Wildman–Crippen LogP) is 2.08. The summed E-state index contributed by atoms with van der Waals surface area (Å²) in [6, 6.07) is 8.04. The van der Waals surface area contributed by atoms with E-state index in [1.807, 2.05) is 18.2 Å². The zero-order valence-electron chi connectivity index (χ0n) is 11.1. The van der Waals surface area contributed by atoms with Gasteiger partial charge in [-0.25, -0.2) is 0 Å². The summed E-state index contributed by atoms with van der Waals surface area (Å²) in [5, 5.41) is 2.91. The first kappa shape index (κ1) is 12.5. The van der Waals surface area contributed by atoms with Gasteiger partial charge in [-0.3, -0.25) is 9.69 Å². The summed E-state index contributed by atoms with van der Waals surface area (Å²) < 4.78 is 0. The van der Waals surface area contributed by atoms with Gasteiger partial charge in [0, 0.05) is 12.6 Å². The van der Waals surface area contributed by atoms with Crippen molar-refractivity contribution < 1.29 is 4.79 Å². The monoisotopic (exact) mass is 259 g/mol. The van der Waals surface area contributed by atoms with Crippen molar-refractivity contribution in [2.75, 3.05) is 24.1 Å². The lowest BCUT2D eigenvalue weighted by atomic mass is 10.2.